The fourth-order valence-corrected chi connectivity index (χ4v) is 2.37. The summed E-state index contributed by atoms with van der Waals surface area (Å²) >= 11 is 6.08. The fraction of sp³-hybridized carbons (Fsp3) is 0.118. The van der Waals surface area contributed by atoms with Gasteiger partial charge in [0.25, 0.3) is 0 Å². The van der Waals surface area contributed by atoms with Crippen molar-refractivity contribution in [1.82, 2.24) is 9.97 Å². The minimum atomic E-state index is -0.782. The van der Waals surface area contributed by atoms with Crippen LogP contribution in [0.1, 0.15) is 17.4 Å². The van der Waals surface area contributed by atoms with E-state index in [2.05, 4.69) is 9.97 Å². The van der Waals surface area contributed by atoms with Crippen LogP contribution in [0.3, 0.4) is 0 Å². The summed E-state index contributed by atoms with van der Waals surface area (Å²) in [5.41, 5.74) is -0.125. The van der Waals surface area contributed by atoms with Crippen LogP contribution in [0.5, 0.6) is 17.4 Å². The Morgan fingerprint density at radius 2 is 1.92 bits per heavy atom. The maximum Gasteiger partial charge on any atom is 0.360 e. The summed E-state index contributed by atoms with van der Waals surface area (Å²) in [7, 11) is 0. The van der Waals surface area contributed by atoms with E-state index in [-0.39, 0.29) is 45.8 Å². The zero-order chi connectivity index (χ0) is 18.0. The first kappa shape index (κ1) is 16.9. The van der Waals surface area contributed by atoms with Gasteiger partial charge in [0.05, 0.1) is 6.61 Å². The van der Waals surface area contributed by atoms with E-state index in [4.69, 9.17) is 21.1 Å². The van der Waals surface area contributed by atoms with Gasteiger partial charge in [-0.15, -0.1) is 0 Å². The first-order chi connectivity index (χ1) is 12.0. The average Bonchev–Trinajstić information content (AvgIpc) is 2.60. The van der Waals surface area contributed by atoms with Gasteiger partial charge in [0.1, 0.15) is 17.1 Å². The maximum absolute atomic E-state index is 12.9. The summed E-state index contributed by atoms with van der Waals surface area (Å²) in [6, 6.07) is 8.37. The highest BCUT2D eigenvalue weighted by Crippen LogP contribution is 2.33. The van der Waals surface area contributed by atoms with E-state index in [1.807, 2.05) is 0 Å². The van der Waals surface area contributed by atoms with Crippen molar-refractivity contribution in [3.8, 4) is 17.4 Å². The number of carbonyl (C=O) groups excluding carboxylic acids is 1. The summed E-state index contributed by atoms with van der Waals surface area (Å²) in [6.07, 6.45) is 0. The molecule has 0 fully saturated rings. The lowest BCUT2D eigenvalue weighted by molar-refractivity contribution is 0.0516. The third kappa shape index (κ3) is 3.46. The molecule has 3 rings (SSSR count). The monoisotopic (exact) mass is 362 g/mol. The number of esters is 1. The number of fused-ring (bicyclic) bond motifs is 1. The molecule has 0 atom stereocenters. The number of rotatable bonds is 4. The molecular weight excluding hydrogens is 351 g/mol. The zero-order valence-electron chi connectivity index (χ0n) is 13.0. The largest absolute Gasteiger partial charge is 0.505 e. The number of hydrogen-bond acceptors (Lipinski definition) is 6. The molecule has 0 amide bonds. The van der Waals surface area contributed by atoms with Crippen molar-refractivity contribution in [3.63, 3.8) is 0 Å². The van der Waals surface area contributed by atoms with Gasteiger partial charge < -0.3 is 14.6 Å². The van der Waals surface area contributed by atoms with Gasteiger partial charge in [-0.05, 0) is 37.3 Å². The van der Waals surface area contributed by atoms with Crippen LogP contribution in [0.2, 0.25) is 5.15 Å². The molecule has 0 bridgehead atoms. The van der Waals surface area contributed by atoms with Crippen molar-refractivity contribution in [3.05, 3.63) is 53.1 Å². The zero-order valence-corrected chi connectivity index (χ0v) is 13.7. The van der Waals surface area contributed by atoms with Gasteiger partial charge in [0.15, 0.2) is 16.6 Å². The van der Waals surface area contributed by atoms with Crippen molar-refractivity contribution in [2.75, 3.05) is 6.61 Å². The van der Waals surface area contributed by atoms with Gasteiger partial charge in [-0.1, -0.05) is 11.6 Å². The molecule has 0 saturated carbocycles. The summed E-state index contributed by atoms with van der Waals surface area (Å²) in [5, 5.41) is 10.4. The minimum Gasteiger partial charge on any atom is -0.505 e. The van der Waals surface area contributed by atoms with E-state index >= 15 is 0 Å². The molecule has 0 spiro atoms. The third-order valence-corrected chi connectivity index (χ3v) is 3.52. The lowest BCUT2D eigenvalue weighted by Crippen LogP contribution is -2.08. The lowest BCUT2D eigenvalue weighted by Gasteiger charge is -2.10. The Bertz CT molecular complexity index is 948. The van der Waals surface area contributed by atoms with Gasteiger partial charge in [0, 0.05) is 11.5 Å². The number of pyridine rings is 2. The van der Waals surface area contributed by atoms with E-state index < -0.39 is 5.97 Å². The number of nitrogens with zero attached hydrogens (tertiary/aromatic N) is 2. The molecule has 128 valence electrons. The maximum atomic E-state index is 12.9. The second-order valence-electron chi connectivity index (χ2n) is 4.92. The Morgan fingerprint density at radius 3 is 2.60 bits per heavy atom. The molecule has 1 N–H and O–H groups in total. The van der Waals surface area contributed by atoms with Gasteiger partial charge in [-0.25, -0.2) is 19.2 Å². The molecular formula is C17H12ClFN2O4. The standard InChI is InChI=1S/C17H12ClFN2O4/c1-2-24-17(23)14-15(22)11-7-8-12(20-13(11)16(18)21-14)25-10-5-3-9(19)4-6-10/h3-8,22H,2H2,1H3. The van der Waals surface area contributed by atoms with Crippen molar-refractivity contribution in [1.29, 1.82) is 0 Å². The highest BCUT2D eigenvalue weighted by atomic mass is 35.5. The summed E-state index contributed by atoms with van der Waals surface area (Å²) < 4.78 is 23.3. The molecule has 6 nitrogen and oxygen atoms in total. The smallest absolute Gasteiger partial charge is 0.360 e. The molecule has 0 radical (unpaired) electrons. The molecule has 0 aliphatic rings. The van der Waals surface area contributed by atoms with E-state index in [0.717, 1.165) is 0 Å². The lowest BCUT2D eigenvalue weighted by atomic mass is 10.2. The number of benzene rings is 1. The predicted octanol–water partition coefficient (Wildman–Crippen LogP) is 4.10. The van der Waals surface area contributed by atoms with Crippen LogP contribution in [0.15, 0.2) is 36.4 Å². The highest BCUT2D eigenvalue weighted by Gasteiger charge is 2.20. The molecule has 3 aromatic rings. The number of halogens is 2. The molecule has 0 aliphatic heterocycles. The second-order valence-corrected chi connectivity index (χ2v) is 5.28. The van der Waals surface area contributed by atoms with Crippen LogP contribution < -0.4 is 4.74 Å². The number of aromatic nitrogens is 2. The van der Waals surface area contributed by atoms with Crippen LogP contribution in [0.4, 0.5) is 4.39 Å². The molecule has 0 aliphatic carbocycles. The van der Waals surface area contributed by atoms with Crippen molar-refractivity contribution in [2.45, 2.75) is 6.92 Å². The normalized spacial score (nSPS) is 10.7. The molecule has 0 unspecified atom stereocenters. The Kier molecular flexibility index (Phi) is 4.67. The topological polar surface area (TPSA) is 81.5 Å². The highest BCUT2D eigenvalue weighted by molar-refractivity contribution is 6.34. The Balaban J connectivity index is 2.00. The minimum absolute atomic E-state index is 0.0830. The molecule has 0 saturated heterocycles. The van der Waals surface area contributed by atoms with Crippen LogP contribution in [-0.2, 0) is 4.74 Å². The van der Waals surface area contributed by atoms with E-state index in [0.29, 0.717) is 5.75 Å². The van der Waals surface area contributed by atoms with E-state index in [1.54, 1.807) is 6.92 Å². The third-order valence-electron chi connectivity index (χ3n) is 3.26. The van der Waals surface area contributed by atoms with Crippen molar-refractivity contribution < 1.29 is 23.8 Å². The molecule has 1 aromatic carbocycles. The number of ether oxygens (including phenoxy) is 2. The Morgan fingerprint density at radius 1 is 1.20 bits per heavy atom. The molecule has 25 heavy (non-hydrogen) atoms. The van der Waals surface area contributed by atoms with Crippen LogP contribution >= 0.6 is 11.6 Å². The van der Waals surface area contributed by atoms with Gasteiger partial charge in [-0.3, -0.25) is 0 Å². The molecule has 2 aromatic heterocycles. The number of aromatic hydroxyl groups is 1. The quantitative estimate of drug-likeness (QED) is 0.556. The predicted molar refractivity (Wildman–Crippen MR) is 88.6 cm³/mol. The van der Waals surface area contributed by atoms with E-state index in [9.17, 15) is 14.3 Å². The van der Waals surface area contributed by atoms with Crippen LogP contribution in [-0.4, -0.2) is 27.7 Å². The molecule has 8 heteroatoms. The van der Waals surface area contributed by atoms with Gasteiger partial charge in [0.2, 0.25) is 5.88 Å². The van der Waals surface area contributed by atoms with Crippen LogP contribution in [0, 0.1) is 5.82 Å². The summed E-state index contributed by atoms with van der Waals surface area (Å²) in [6.45, 7) is 1.77. The van der Waals surface area contributed by atoms with Crippen molar-refractivity contribution >= 4 is 28.5 Å². The van der Waals surface area contributed by atoms with Crippen LogP contribution in [0.25, 0.3) is 10.9 Å². The first-order valence-electron chi connectivity index (χ1n) is 7.29. The summed E-state index contributed by atoms with van der Waals surface area (Å²) in [4.78, 5) is 19.8. The first-order valence-corrected chi connectivity index (χ1v) is 7.67. The number of carbonyl (C=O) groups is 1. The average molecular weight is 363 g/mol. The number of hydrogen-bond donors (Lipinski definition) is 1. The second kappa shape index (κ2) is 6.90. The Hall–Kier alpha value is -2.93. The van der Waals surface area contributed by atoms with Crippen molar-refractivity contribution in [2.24, 2.45) is 0 Å². The Labute approximate surface area is 146 Å². The fourth-order valence-electron chi connectivity index (χ4n) is 2.14. The van der Waals surface area contributed by atoms with Gasteiger partial charge in [-0.2, -0.15) is 0 Å². The SMILES string of the molecule is CCOC(=O)c1nc(Cl)c2nc(Oc3ccc(F)cc3)ccc2c1O. The van der Waals surface area contributed by atoms with Gasteiger partial charge >= 0.3 is 5.97 Å². The van der Waals surface area contributed by atoms with E-state index in [1.165, 1.54) is 36.4 Å². The summed E-state index contributed by atoms with van der Waals surface area (Å²) in [5.74, 6) is -0.993. The molecule has 2 heterocycles.